The van der Waals surface area contributed by atoms with Gasteiger partial charge in [-0.3, -0.25) is 9.78 Å². The van der Waals surface area contributed by atoms with E-state index in [1.54, 1.807) is 6.07 Å². The summed E-state index contributed by atoms with van der Waals surface area (Å²) in [5, 5.41) is 0. The normalized spacial score (nSPS) is 9.69. The predicted molar refractivity (Wildman–Crippen MR) is 44.5 cm³/mol. The third-order valence-electron chi connectivity index (χ3n) is 1.60. The van der Waals surface area contributed by atoms with E-state index in [2.05, 4.69) is 9.72 Å². The third kappa shape index (κ3) is 3.19. The van der Waals surface area contributed by atoms with Crippen LogP contribution < -0.4 is 0 Å². The fourth-order valence-corrected chi connectivity index (χ4v) is 0.887. The zero-order valence-electron chi connectivity index (χ0n) is 7.29. The van der Waals surface area contributed by atoms with Crippen LogP contribution in [0.25, 0.3) is 0 Å². The molecule has 4 heteroatoms. The Bertz CT molecular complexity index is 284. The van der Waals surface area contributed by atoms with E-state index in [9.17, 15) is 9.18 Å². The van der Waals surface area contributed by atoms with Crippen molar-refractivity contribution < 1.29 is 13.9 Å². The Labute approximate surface area is 75.6 Å². The van der Waals surface area contributed by atoms with Crippen LogP contribution in [0, 0.1) is 5.82 Å². The minimum absolute atomic E-state index is 0.273. The van der Waals surface area contributed by atoms with Gasteiger partial charge in [0.2, 0.25) is 0 Å². The van der Waals surface area contributed by atoms with E-state index in [1.807, 2.05) is 0 Å². The van der Waals surface area contributed by atoms with E-state index in [-0.39, 0.29) is 18.2 Å². The maximum Gasteiger partial charge on any atom is 0.305 e. The summed E-state index contributed by atoms with van der Waals surface area (Å²) < 4.78 is 16.9. The lowest BCUT2D eigenvalue weighted by atomic mass is 10.2. The average molecular weight is 183 g/mol. The Hall–Kier alpha value is -1.45. The second kappa shape index (κ2) is 4.54. The van der Waals surface area contributed by atoms with Gasteiger partial charge >= 0.3 is 5.97 Å². The van der Waals surface area contributed by atoms with Crippen molar-refractivity contribution in [3.05, 3.63) is 29.8 Å². The first-order valence-corrected chi connectivity index (χ1v) is 3.89. The molecule has 0 atom stereocenters. The molecule has 13 heavy (non-hydrogen) atoms. The second-order valence-electron chi connectivity index (χ2n) is 2.54. The molecule has 0 spiro atoms. The maximum absolute atomic E-state index is 12.4. The Morgan fingerprint density at radius 2 is 2.38 bits per heavy atom. The number of nitrogens with zero attached hydrogens (tertiary/aromatic N) is 1. The molecule has 0 saturated heterocycles. The van der Waals surface area contributed by atoms with Gasteiger partial charge in [0.25, 0.3) is 0 Å². The van der Waals surface area contributed by atoms with Gasteiger partial charge in [-0.05, 0) is 12.1 Å². The smallest absolute Gasteiger partial charge is 0.305 e. The predicted octanol–water partition coefficient (Wildman–Crippen LogP) is 1.33. The molecule has 0 aromatic carbocycles. The Balaban J connectivity index is 2.46. The summed E-state index contributed by atoms with van der Waals surface area (Å²) in [6.07, 6.45) is 1.88. The van der Waals surface area contributed by atoms with Gasteiger partial charge < -0.3 is 4.74 Å². The van der Waals surface area contributed by atoms with Gasteiger partial charge in [0, 0.05) is 12.1 Å². The molecule has 0 bridgehead atoms. The lowest BCUT2D eigenvalue weighted by Crippen LogP contribution is -2.02. The highest BCUT2D eigenvalue weighted by Crippen LogP contribution is 2.01. The number of carbonyl (C=O) groups is 1. The van der Waals surface area contributed by atoms with E-state index in [1.165, 1.54) is 13.2 Å². The number of aromatic nitrogens is 1. The highest BCUT2D eigenvalue weighted by atomic mass is 19.1. The van der Waals surface area contributed by atoms with Crippen molar-refractivity contribution in [2.24, 2.45) is 0 Å². The zero-order valence-corrected chi connectivity index (χ0v) is 7.29. The number of aryl methyl sites for hydroxylation is 1. The third-order valence-corrected chi connectivity index (χ3v) is 1.60. The van der Waals surface area contributed by atoms with Crippen molar-refractivity contribution in [3.63, 3.8) is 0 Å². The minimum atomic E-state index is -0.373. The molecule has 1 aromatic rings. The summed E-state index contributed by atoms with van der Waals surface area (Å²) >= 11 is 0. The van der Waals surface area contributed by atoms with Gasteiger partial charge in [0.1, 0.15) is 5.82 Å². The number of hydrogen-bond donors (Lipinski definition) is 0. The topological polar surface area (TPSA) is 39.2 Å². The molecule has 0 unspecified atom stereocenters. The molecular weight excluding hydrogens is 173 g/mol. The highest BCUT2D eigenvalue weighted by molar-refractivity contribution is 5.69. The Kier molecular flexibility index (Phi) is 3.37. The van der Waals surface area contributed by atoms with E-state index >= 15 is 0 Å². The van der Waals surface area contributed by atoms with Crippen molar-refractivity contribution >= 4 is 5.97 Å². The van der Waals surface area contributed by atoms with Crippen LogP contribution in [0.15, 0.2) is 18.3 Å². The van der Waals surface area contributed by atoms with Crippen molar-refractivity contribution in [2.75, 3.05) is 7.11 Å². The molecule has 1 rings (SSSR count). The van der Waals surface area contributed by atoms with Crippen LogP contribution in [0.2, 0.25) is 0 Å². The largest absolute Gasteiger partial charge is 0.469 e. The molecule has 0 aliphatic heterocycles. The summed E-state index contributed by atoms with van der Waals surface area (Å²) in [5.41, 5.74) is 0.687. The number of hydrogen-bond acceptors (Lipinski definition) is 3. The number of pyridine rings is 1. The monoisotopic (exact) mass is 183 g/mol. The van der Waals surface area contributed by atoms with Crippen molar-refractivity contribution in [1.29, 1.82) is 0 Å². The molecule has 0 aliphatic carbocycles. The first-order valence-electron chi connectivity index (χ1n) is 3.89. The van der Waals surface area contributed by atoms with Crippen LogP contribution >= 0.6 is 0 Å². The Morgan fingerprint density at radius 1 is 1.62 bits per heavy atom. The van der Waals surface area contributed by atoms with E-state index < -0.39 is 0 Å². The molecule has 1 aromatic heterocycles. The summed E-state index contributed by atoms with van der Waals surface area (Å²) in [5.74, 6) is -0.659. The van der Waals surface area contributed by atoms with Crippen LogP contribution in [0.1, 0.15) is 12.1 Å². The quantitative estimate of drug-likeness (QED) is 0.663. The zero-order chi connectivity index (χ0) is 9.68. The molecule has 0 saturated carbocycles. The minimum Gasteiger partial charge on any atom is -0.469 e. The van der Waals surface area contributed by atoms with Gasteiger partial charge in [0.15, 0.2) is 0 Å². The van der Waals surface area contributed by atoms with Gasteiger partial charge in [-0.1, -0.05) is 0 Å². The molecule has 0 aliphatic rings. The van der Waals surface area contributed by atoms with Crippen LogP contribution in [0.4, 0.5) is 4.39 Å². The number of rotatable bonds is 3. The molecule has 0 fully saturated rings. The van der Waals surface area contributed by atoms with Crippen molar-refractivity contribution in [2.45, 2.75) is 12.8 Å². The first-order chi connectivity index (χ1) is 6.22. The summed E-state index contributed by atoms with van der Waals surface area (Å²) in [6, 6.07) is 2.87. The highest BCUT2D eigenvalue weighted by Gasteiger charge is 2.01. The maximum atomic E-state index is 12.4. The number of methoxy groups -OCH3 is 1. The molecule has 3 nitrogen and oxygen atoms in total. The number of halogens is 1. The second-order valence-corrected chi connectivity index (χ2v) is 2.54. The average Bonchev–Trinajstić information content (AvgIpc) is 2.16. The van der Waals surface area contributed by atoms with E-state index in [0.29, 0.717) is 12.1 Å². The van der Waals surface area contributed by atoms with Gasteiger partial charge in [-0.2, -0.15) is 0 Å². The van der Waals surface area contributed by atoms with Gasteiger partial charge in [-0.15, -0.1) is 0 Å². The van der Waals surface area contributed by atoms with E-state index in [4.69, 9.17) is 0 Å². The number of carbonyl (C=O) groups excluding carboxylic acids is 1. The Morgan fingerprint density at radius 3 is 2.92 bits per heavy atom. The number of ether oxygens (including phenoxy) is 1. The van der Waals surface area contributed by atoms with Crippen molar-refractivity contribution in [3.8, 4) is 0 Å². The van der Waals surface area contributed by atoms with Crippen LogP contribution in [0.5, 0.6) is 0 Å². The molecule has 1 heterocycles. The summed E-state index contributed by atoms with van der Waals surface area (Å²) in [7, 11) is 1.33. The van der Waals surface area contributed by atoms with Crippen molar-refractivity contribution in [1.82, 2.24) is 4.98 Å². The molecule has 0 N–H and O–H groups in total. The summed E-state index contributed by atoms with van der Waals surface area (Å²) in [4.78, 5) is 14.5. The molecule has 70 valence electrons. The lowest BCUT2D eigenvalue weighted by Gasteiger charge is -1.98. The van der Waals surface area contributed by atoms with Crippen LogP contribution in [-0.4, -0.2) is 18.1 Å². The van der Waals surface area contributed by atoms with Crippen LogP contribution in [0.3, 0.4) is 0 Å². The standard InChI is InChI=1S/C9H10FNO2/c1-13-9(12)5-4-8-3-2-7(10)6-11-8/h2-3,6H,4-5H2,1H3. The van der Waals surface area contributed by atoms with Gasteiger partial charge in [0.05, 0.1) is 19.7 Å². The lowest BCUT2D eigenvalue weighted by molar-refractivity contribution is -0.140. The fourth-order valence-electron chi connectivity index (χ4n) is 0.887. The first kappa shape index (κ1) is 9.64. The number of esters is 1. The SMILES string of the molecule is COC(=O)CCc1ccc(F)cn1. The van der Waals surface area contributed by atoms with E-state index in [0.717, 1.165) is 6.20 Å². The van der Waals surface area contributed by atoms with Gasteiger partial charge in [-0.25, -0.2) is 4.39 Å². The van der Waals surface area contributed by atoms with Crippen LogP contribution in [-0.2, 0) is 16.0 Å². The molecular formula is C9H10FNO2. The molecule has 0 amide bonds. The molecule has 0 radical (unpaired) electrons. The summed E-state index contributed by atoms with van der Waals surface area (Å²) in [6.45, 7) is 0. The fraction of sp³-hybridized carbons (Fsp3) is 0.333.